The van der Waals surface area contributed by atoms with Crippen LogP contribution >= 0.6 is 0 Å². The van der Waals surface area contributed by atoms with Crippen LogP contribution in [0.3, 0.4) is 0 Å². The van der Waals surface area contributed by atoms with Crippen molar-refractivity contribution in [1.82, 2.24) is 15.7 Å². The molecule has 0 aromatic rings. The summed E-state index contributed by atoms with van der Waals surface area (Å²) in [5, 5.41) is 10.7. The van der Waals surface area contributed by atoms with E-state index in [1.165, 1.54) is 0 Å². The Hall–Kier alpha value is -1.83. The molecule has 1 aliphatic rings. The zero-order chi connectivity index (χ0) is 14.1. The van der Waals surface area contributed by atoms with Crippen molar-refractivity contribution in [2.24, 2.45) is 0 Å². The molecule has 8 heteroatoms. The Bertz CT molecular complexity index is 328. The van der Waals surface area contributed by atoms with Crippen LogP contribution in [-0.4, -0.2) is 54.2 Å². The Morgan fingerprint density at radius 1 is 1.16 bits per heavy atom. The molecule has 0 bridgehead atoms. The molecule has 1 saturated heterocycles. The second kappa shape index (κ2) is 8.30. The zero-order valence-corrected chi connectivity index (χ0v) is 10.7. The Labute approximate surface area is 111 Å². The van der Waals surface area contributed by atoms with Gasteiger partial charge in [0.15, 0.2) is 6.61 Å². The van der Waals surface area contributed by atoms with E-state index in [1.807, 2.05) is 5.48 Å². The van der Waals surface area contributed by atoms with Gasteiger partial charge >= 0.3 is 12.0 Å². The molecule has 19 heavy (non-hydrogen) atoms. The minimum Gasteiger partial charge on any atom is -0.479 e. The van der Waals surface area contributed by atoms with E-state index in [-0.39, 0.29) is 18.9 Å². The summed E-state index contributed by atoms with van der Waals surface area (Å²) in [5.41, 5.74) is 1.91. The molecule has 3 amide bonds. The fourth-order valence-electron chi connectivity index (χ4n) is 1.78. The molecule has 0 saturated carbocycles. The number of carbonyl (C=O) groups is 3. The predicted molar refractivity (Wildman–Crippen MR) is 65.2 cm³/mol. The molecule has 0 radical (unpaired) electrons. The van der Waals surface area contributed by atoms with Crippen molar-refractivity contribution >= 4 is 17.9 Å². The minimum atomic E-state index is -1.18. The topological polar surface area (TPSA) is 108 Å². The van der Waals surface area contributed by atoms with Gasteiger partial charge in [0.2, 0.25) is 5.91 Å². The number of nitrogens with one attached hydrogen (secondary N) is 2. The summed E-state index contributed by atoms with van der Waals surface area (Å²) >= 11 is 0. The summed E-state index contributed by atoms with van der Waals surface area (Å²) in [5.74, 6) is -1.16. The molecule has 1 heterocycles. The van der Waals surface area contributed by atoms with Gasteiger partial charge in [-0.05, 0) is 19.3 Å². The lowest BCUT2D eigenvalue weighted by Gasteiger charge is -2.26. The average molecular weight is 273 g/mol. The highest BCUT2D eigenvalue weighted by Gasteiger charge is 2.16. The van der Waals surface area contributed by atoms with Crippen LogP contribution in [0.2, 0.25) is 0 Å². The van der Waals surface area contributed by atoms with Gasteiger partial charge in [0, 0.05) is 26.1 Å². The highest BCUT2D eigenvalue weighted by molar-refractivity contribution is 5.78. The van der Waals surface area contributed by atoms with E-state index < -0.39 is 18.6 Å². The first-order valence-corrected chi connectivity index (χ1v) is 6.25. The van der Waals surface area contributed by atoms with E-state index in [9.17, 15) is 14.4 Å². The van der Waals surface area contributed by atoms with Gasteiger partial charge in [-0.1, -0.05) is 0 Å². The van der Waals surface area contributed by atoms with Crippen LogP contribution < -0.4 is 10.8 Å². The van der Waals surface area contributed by atoms with Crippen molar-refractivity contribution in [1.29, 1.82) is 0 Å². The van der Waals surface area contributed by atoms with Gasteiger partial charge in [-0.2, -0.15) is 0 Å². The largest absolute Gasteiger partial charge is 0.479 e. The standard InChI is InChI=1S/C11H19N3O5/c15-9(14-6-2-1-3-7-14)4-5-12-11(18)13-19-8-10(16)17/h1-8H2,(H,16,17)(H2,12,13,18). The SMILES string of the molecule is O=C(O)CONC(=O)NCCC(=O)N1CCCCC1. The Morgan fingerprint density at radius 2 is 1.84 bits per heavy atom. The number of likely N-dealkylation sites (tertiary alicyclic amines) is 1. The number of hydrogen-bond acceptors (Lipinski definition) is 4. The molecule has 0 aromatic carbocycles. The molecule has 0 spiro atoms. The lowest BCUT2D eigenvalue weighted by molar-refractivity contribution is -0.144. The van der Waals surface area contributed by atoms with Crippen LogP contribution in [0, 0.1) is 0 Å². The van der Waals surface area contributed by atoms with Crippen molar-refractivity contribution in [2.45, 2.75) is 25.7 Å². The van der Waals surface area contributed by atoms with Gasteiger partial charge in [0.25, 0.3) is 0 Å². The third-order valence-corrected chi connectivity index (χ3v) is 2.69. The second-order valence-electron chi connectivity index (χ2n) is 4.23. The molecule has 1 aliphatic heterocycles. The molecular weight excluding hydrogens is 254 g/mol. The number of nitrogens with zero attached hydrogens (tertiary/aromatic N) is 1. The smallest absolute Gasteiger partial charge is 0.338 e. The van der Waals surface area contributed by atoms with Crippen LogP contribution in [0.25, 0.3) is 0 Å². The van der Waals surface area contributed by atoms with Crippen LogP contribution in [0.15, 0.2) is 0 Å². The van der Waals surface area contributed by atoms with Crippen LogP contribution in [0.1, 0.15) is 25.7 Å². The first-order valence-electron chi connectivity index (χ1n) is 6.25. The fraction of sp³-hybridized carbons (Fsp3) is 0.727. The number of hydroxylamine groups is 1. The zero-order valence-electron chi connectivity index (χ0n) is 10.7. The van der Waals surface area contributed by atoms with E-state index in [1.54, 1.807) is 4.90 Å². The third-order valence-electron chi connectivity index (χ3n) is 2.69. The maximum absolute atomic E-state index is 11.7. The maximum Gasteiger partial charge on any atom is 0.338 e. The Balaban J connectivity index is 2.06. The number of urea groups is 1. The molecule has 108 valence electrons. The van der Waals surface area contributed by atoms with E-state index in [0.29, 0.717) is 0 Å². The first-order chi connectivity index (χ1) is 9.09. The highest BCUT2D eigenvalue weighted by Crippen LogP contribution is 2.09. The van der Waals surface area contributed by atoms with Crippen molar-refractivity contribution in [3.05, 3.63) is 0 Å². The Kier molecular flexibility index (Phi) is 6.65. The quantitative estimate of drug-likeness (QED) is 0.576. The predicted octanol–water partition coefficient (Wildman–Crippen LogP) is -0.296. The number of piperidine rings is 1. The normalized spacial score (nSPS) is 14.8. The summed E-state index contributed by atoms with van der Waals surface area (Å²) in [4.78, 5) is 39.1. The molecular formula is C11H19N3O5. The lowest BCUT2D eigenvalue weighted by Crippen LogP contribution is -2.40. The van der Waals surface area contributed by atoms with Crippen LogP contribution in [-0.2, 0) is 14.4 Å². The molecule has 1 rings (SSSR count). The van der Waals surface area contributed by atoms with Gasteiger partial charge < -0.3 is 15.3 Å². The molecule has 0 aromatic heterocycles. The number of hydrogen-bond donors (Lipinski definition) is 3. The number of amides is 3. The van der Waals surface area contributed by atoms with Crippen molar-refractivity contribution in [3.8, 4) is 0 Å². The molecule has 0 atom stereocenters. The highest BCUT2D eigenvalue weighted by atomic mass is 16.7. The minimum absolute atomic E-state index is 0.0199. The second-order valence-corrected chi connectivity index (χ2v) is 4.23. The molecule has 0 aliphatic carbocycles. The maximum atomic E-state index is 11.7. The third kappa shape index (κ3) is 6.61. The van der Waals surface area contributed by atoms with E-state index in [2.05, 4.69) is 10.2 Å². The van der Waals surface area contributed by atoms with Crippen molar-refractivity contribution in [2.75, 3.05) is 26.2 Å². The first kappa shape index (κ1) is 15.2. The number of rotatable bonds is 6. The summed E-state index contributed by atoms with van der Waals surface area (Å²) in [7, 11) is 0. The van der Waals surface area contributed by atoms with Gasteiger partial charge in [0.05, 0.1) is 0 Å². The number of carboxylic acids is 1. The summed E-state index contributed by atoms with van der Waals surface area (Å²) in [6.45, 7) is 1.15. The molecule has 8 nitrogen and oxygen atoms in total. The van der Waals surface area contributed by atoms with Gasteiger partial charge in [0.1, 0.15) is 0 Å². The molecule has 3 N–H and O–H groups in total. The summed E-state index contributed by atoms with van der Waals surface area (Å²) in [6, 6.07) is -0.660. The fourth-order valence-corrected chi connectivity index (χ4v) is 1.78. The number of aliphatic carboxylic acids is 1. The van der Waals surface area contributed by atoms with Crippen LogP contribution in [0.4, 0.5) is 4.79 Å². The molecule has 1 fully saturated rings. The summed E-state index contributed by atoms with van der Waals surface area (Å²) in [6.07, 6.45) is 3.45. The van der Waals surface area contributed by atoms with Gasteiger partial charge in [-0.25, -0.2) is 15.1 Å². The van der Waals surface area contributed by atoms with Gasteiger partial charge in [-0.15, -0.1) is 0 Å². The Morgan fingerprint density at radius 3 is 2.47 bits per heavy atom. The number of carboxylic acid groups (broad SMARTS) is 1. The molecule has 0 unspecified atom stereocenters. The van der Waals surface area contributed by atoms with E-state index in [4.69, 9.17) is 5.11 Å². The van der Waals surface area contributed by atoms with Gasteiger partial charge in [-0.3, -0.25) is 9.63 Å². The van der Waals surface area contributed by atoms with Crippen LogP contribution in [0.5, 0.6) is 0 Å². The van der Waals surface area contributed by atoms with Crippen molar-refractivity contribution < 1.29 is 24.3 Å². The average Bonchev–Trinajstić information content (AvgIpc) is 2.39. The van der Waals surface area contributed by atoms with E-state index in [0.717, 1.165) is 32.4 Å². The van der Waals surface area contributed by atoms with E-state index >= 15 is 0 Å². The summed E-state index contributed by atoms with van der Waals surface area (Å²) < 4.78 is 0. The lowest BCUT2D eigenvalue weighted by atomic mass is 10.1. The van der Waals surface area contributed by atoms with Crippen molar-refractivity contribution in [3.63, 3.8) is 0 Å². The number of carbonyl (C=O) groups excluding carboxylic acids is 2. The monoisotopic (exact) mass is 273 g/mol.